The number of ketones is 1. The number of oxime groups is 1. The first-order chi connectivity index (χ1) is 65.8. The number of nitrogens with two attached hydrogens (primary N) is 2. The molecule has 9 N–H and O–H groups in total. The van der Waals surface area contributed by atoms with E-state index in [1.807, 2.05) is 89.6 Å². The molecule has 2 aromatic carbocycles. The van der Waals surface area contributed by atoms with Gasteiger partial charge in [-0.25, -0.2) is 39.4 Å². The molecule has 16 atom stereocenters. The van der Waals surface area contributed by atoms with E-state index in [0.29, 0.717) is 211 Å². The van der Waals surface area contributed by atoms with Crippen LogP contribution >= 0.6 is 0 Å². The van der Waals surface area contributed by atoms with Crippen LogP contribution in [0.2, 0.25) is 0 Å². The Hall–Kier alpha value is -11.1. The summed E-state index contributed by atoms with van der Waals surface area (Å²) in [5, 5.41) is 61.0. The number of esters is 1. The molecule has 2 bridgehead atoms. The normalized spacial score (nSPS) is 28.3. The van der Waals surface area contributed by atoms with Crippen LogP contribution in [0.5, 0.6) is 0 Å². The Morgan fingerprint density at radius 2 is 1.47 bits per heavy atom. The van der Waals surface area contributed by atoms with Crippen LogP contribution < -0.4 is 26.6 Å². The molecule has 0 spiro atoms. The van der Waals surface area contributed by atoms with Gasteiger partial charge in [0.15, 0.2) is 11.2 Å². The highest BCUT2D eigenvalue weighted by atomic mass is 16.7. The summed E-state index contributed by atoms with van der Waals surface area (Å²) in [6, 6.07) is 10.7. The molecule has 4 saturated heterocycles. The number of benzene rings is 2. The number of hydrogen-bond donors (Lipinski definition) is 7. The van der Waals surface area contributed by atoms with Crippen molar-refractivity contribution < 1.29 is 86.9 Å². The van der Waals surface area contributed by atoms with Crippen LogP contribution in [0.3, 0.4) is 0 Å². The van der Waals surface area contributed by atoms with E-state index in [-0.39, 0.29) is 80.5 Å². The van der Waals surface area contributed by atoms with Crippen molar-refractivity contribution in [2.24, 2.45) is 40.7 Å². The topological polar surface area (TPSA) is 465 Å². The molecule has 7 aliphatic rings. The molecule has 0 radical (unpaired) electrons. The van der Waals surface area contributed by atoms with Crippen LogP contribution in [0.4, 0.5) is 23.7 Å². The zero-order chi connectivity index (χ0) is 97.5. The third-order valence-electron chi connectivity index (χ3n) is 28.4. The van der Waals surface area contributed by atoms with E-state index < -0.39 is 101 Å². The van der Waals surface area contributed by atoms with E-state index in [1.54, 1.807) is 85.8 Å². The number of aliphatic hydroxyl groups is 4. The minimum atomic E-state index is -2.47. The lowest BCUT2D eigenvalue weighted by atomic mass is 9.78. The largest absolute Gasteiger partial charge is 0.460 e. The van der Waals surface area contributed by atoms with Crippen molar-refractivity contribution in [3.8, 4) is 11.3 Å². The average molecular weight is 1890 g/mol. The third-order valence-corrected chi connectivity index (χ3v) is 28.4. The predicted molar refractivity (Wildman–Crippen MR) is 514 cm³/mol. The smallest absolute Gasteiger partial charge is 0.329 e. The fourth-order valence-electron chi connectivity index (χ4n) is 19.8. The number of nitrogens with one attached hydrogen (secondary N) is 1. The van der Waals surface area contributed by atoms with Gasteiger partial charge < -0.3 is 99.4 Å². The minimum absolute atomic E-state index is 0.00849. The van der Waals surface area contributed by atoms with Crippen molar-refractivity contribution in [3.63, 3.8) is 0 Å². The number of ether oxygens (including phenoxy) is 6. The van der Waals surface area contributed by atoms with Gasteiger partial charge in [0, 0.05) is 173 Å². The maximum atomic E-state index is 14.8. The van der Waals surface area contributed by atoms with Gasteiger partial charge in [-0.1, -0.05) is 94.4 Å². The monoisotopic (exact) mass is 1890 g/mol. The van der Waals surface area contributed by atoms with Crippen LogP contribution in [-0.2, 0) is 83.3 Å². The molecule has 4 amide bonds. The molecular formula is C100H137N19O18. The number of cyclic esters (lactones) is 1. The summed E-state index contributed by atoms with van der Waals surface area (Å²) < 4.78 is 43.8. The number of allylic oxidation sites excluding steroid dienone is 5. The number of piperazine rings is 2. The van der Waals surface area contributed by atoms with Crippen molar-refractivity contribution in [2.45, 2.75) is 238 Å². The number of Topliss-reactive ketones (excluding diaryl/α,β-unsaturated/α-hetero) is 1. The number of hydrogen-bond acceptors (Lipinski definition) is 32. The summed E-state index contributed by atoms with van der Waals surface area (Å²) in [5.74, 6) is -6.78. The average Bonchev–Trinajstić information content (AvgIpc) is 1.57. The second-order valence-electron chi connectivity index (χ2n) is 38.7. The van der Waals surface area contributed by atoms with Gasteiger partial charge in [-0.05, 0) is 162 Å². The number of carbonyl (C=O) groups excluding carboxylic acids is 6. The lowest BCUT2D eigenvalue weighted by Gasteiger charge is -2.43. The van der Waals surface area contributed by atoms with Gasteiger partial charge in [-0.3, -0.25) is 28.9 Å². The number of nitrogen functional groups attached to an aromatic ring is 2. The zero-order valence-corrected chi connectivity index (χ0v) is 81.0. The standard InChI is InChI=1S/C100H137N19O18/c1-60-18-14-13-15-19-61(2)80(130-10)50-74-26-21-66(7)100(129,136-74)89(124)93(126)118-31-17-16-20-76(118)94(127)134-81(63(4)46-67-23-27-77(120)82(48-67)131-11)51-78(121)62(3)45-65(6)87(123)88(132-12)85(64(5)44-60)112-137-99(8,9)95(128)103-52-69-53-104-97(105-54-69)116-39-37-114(38-40-116)83(122)30-42-133-43-41-113-33-35-115(36-34-113)98-106-55-73(56-107-98)92(125)117-32-29-70-47-68(22-24-72(70)58-117)57-119-91-84(90(101)108-59-109-91)86(111-119)71-25-28-79-75(49-71)110-96(102)135-79/h13-15,18-19,22,24-25,28,45,47,49,53-56,59-60,62-64,66-67,74,76-78,80-82,87-88,120-121,123,129H,16-17,20-21,23,26-27,29-44,46,48,50-52,57-58H2,1-12H3,(H2,102,110)(H,103,128)(H2,101,108,109)/b15-13+,18-14+,61-19+,65-45+,112-85?/t60-,62-,63-,64-,66-,67+,74+,76+,77-,78-,80+,81+,82-,87-,88+,100-/m1/s1. The lowest BCUT2D eigenvalue weighted by Crippen LogP contribution is -2.61. The van der Waals surface area contributed by atoms with Crippen molar-refractivity contribution in [1.29, 1.82) is 0 Å². The summed E-state index contributed by atoms with van der Waals surface area (Å²) in [5.41, 5.74) is 19.7. The van der Waals surface area contributed by atoms with Gasteiger partial charge in [0.05, 0.1) is 73.4 Å². The van der Waals surface area contributed by atoms with Gasteiger partial charge in [-0.2, -0.15) is 10.1 Å². The fraction of sp³-hybridized carbons (Fsp3) is 0.590. The quantitative estimate of drug-likeness (QED) is 0.0103. The number of aromatic nitrogens is 9. The Morgan fingerprint density at radius 3 is 2.20 bits per heavy atom. The number of anilines is 4. The highest BCUT2D eigenvalue weighted by Crippen LogP contribution is 2.41. The predicted octanol–water partition coefficient (Wildman–Crippen LogP) is 8.69. The summed E-state index contributed by atoms with van der Waals surface area (Å²) in [7, 11) is 4.61. The molecule has 5 aromatic heterocycles. The number of amides is 4. The number of rotatable bonds is 23. The number of piperidine rings is 1. The third kappa shape index (κ3) is 25.0. The highest BCUT2D eigenvalue weighted by molar-refractivity contribution is 6.39. The fourth-order valence-corrected chi connectivity index (χ4v) is 19.8. The number of fused-ring (bicyclic) bond motifs is 6. The second kappa shape index (κ2) is 46.1. The molecule has 1 saturated carbocycles. The van der Waals surface area contributed by atoms with Gasteiger partial charge in [0.25, 0.3) is 29.5 Å². The molecule has 740 valence electrons. The van der Waals surface area contributed by atoms with Crippen LogP contribution in [0.25, 0.3) is 33.4 Å². The number of carbonyl (C=O) groups is 6. The van der Waals surface area contributed by atoms with E-state index in [9.17, 15) is 49.2 Å². The Balaban J connectivity index is 0.535. The SMILES string of the molecule is CO[C@H]1C[C@@H]2CC[C@@H](C)[C@@](O)(O2)C(=O)C(=O)N2CCCC[C@H]2C(=O)O[C@H]([C@H](C)C[C@@H]2CC[C@@H](O)[C@H](OC)C2)C[C@@H](O)[C@H](C)/C=C(\C)[C@@H](O)[C@@H](OC)C(=NOC(C)(C)C(=O)NCc2cnc(N3CCN(C(=O)CCOCCN4CCN(c5ncc(C(=O)N6CCc7cc(Cn8nc(-c9ccc%10oc(N)nc%10c9)c9c(N)ncnc98)ccc7C6)cn5)CC4)CC3)nc2)[C@H](C)C[C@H](C)/C=C/C=C/C=C/1C. The molecule has 5 fully saturated rings. The molecule has 37 heteroatoms. The molecule has 1 aliphatic carbocycles. The maximum Gasteiger partial charge on any atom is 0.329 e. The summed E-state index contributed by atoms with van der Waals surface area (Å²) >= 11 is 0. The zero-order valence-electron chi connectivity index (χ0n) is 81.0. The van der Waals surface area contributed by atoms with Crippen molar-refractivity contribution in [1.82, 2.24) is 69.6 Å². The van der Waals surface area contributed by atoms with Crippen LogP contribution in [-0.4, -0.2) is 299 Å². The van der Waals surface area contributed by atoms with E-state index in [2.05, 4.69) is 68.2 Å². The van der Waals surface area contributed by atoms with E-state index in [1.165, 1.54) is 18.3 Å². The van der Waals surface area contributed by atoms with E-state index >= 15 is 0 Å². The Morgan fingerprint density at radius 1 is 0.737 bits per heavy atom. The first-order valence-corrected chi connectivity index (χ1v) is 48.3. The molecule has 14 rings (SSSR count). The van der Waals surface area contributed by atoms with Crippen molar-refractivity contribution >= 4 is 87.0 Å². The van der Waals surface area contributed by atoms with Gasteiger partial charge >= 0.3 is 5.97 Å². The van der Waals surface area contributed by atoms with Crippen molar-refractivity contribution in [3.05, 3.63) is 143 Å². The molecular weight excluding hydrogens is 1760 g/mol. The molecule has 11 heterocycles. The van der Waals surface area contributed by atoms with Crippen molar-refractivity contribution in [2.75, 3.05) is 128 Å². The summed E-state index contributed by atoms with van der Waals surface area (Å²) in [6.07, 6.45) is 18.9. The number of oxazole rings is 1. The first kappa shape index (κ1) is 102. The van der Waals surface area contributed by atoms with E-state index in [4.69, 9.17) is 59.4 Å². The summed E-state index contributed by atoms with van der Waals surface area (Å²) in [4.78, 5) is 135. The van der Waals surface area contributed by atoms with Gasteiger partial charge in [0.1, 0.15) is 47.7 Å². The number of aliphatic hydroxyl groups excluding tert-OH is 3. The number of methoxy groups -OCH3 is 3. The van der Waals surface area contributed by atoms with Crippen LogP contribution in [0.1, 0.15) is 178 Å². The Bertz CT molecular complexity index is 5500. The lowest BCUT2D eigenvalue weighted by molar-refractivity contribution is -0.265. The van der Waals surface area contributed by atoms with Crippen LogP contribution in [0, 0.1) is 35.5 Å². The molecule has 137 heavy (non-hydrogen) atoms. The van der Waals surface area contributed by atoms with E-state index in [0.717, 1.165) is 40.9 Å². The minimum Gasteiger partial charge on any atom is -0.460 e. The highest BCUT2D eigenvalue weighted by Gasteiger charge is 2.54. The first-order valence-electron chi connectivity index (χ1n) is 48.3. The maximum absolute atomic E-state index is 14.8. The van der Waals surface area contributed by atoms with Crippen LogP contribution in [0.15, 0.2) is 125 Å². The second-order valence-corrected chi connectivity index (χ2v) is 38.7. The molecule has 6 aliphatic heterocycles. The Kier molecular flexibility index (Phi) is 34.2. The molecule has 7 aromatic rings. The number of nitrogens with zero attached hydrogens (tertiary/aromatic N) is 16. The Labute approximate surface area is 800 Å². The molecule has 37 nitrogen and oxygen atoms in total. The van der Waals surface area contributed by atoms with Gasteiger partial charge in [0.2, 0.25) is 29.2 Å². The van der Waals surface area contributed by atoms with Gasteiger partial charge in [-0.15, -0.1) is 0 Å². The molecule has 0 unspecified atom stereocenters. The summed E-state index contributed by atoms with van der Waals surface area (Å²) in [6.45, 7) is 24.2.